The van der Waals surface area contributed by atoms with Gasteiger partial charge in [0.05, 0.1) is 18.3 Å². The van der Waals surface area contributed by atoms with Crippen LogP contribution in [0.3, 0.4) is 0 Å². The Kier molecular flexibility index (Phi) is 9.01. The zero-order chi connectivity index (χ0) is 20.1. The zero-order valence-corrected chi connectivity index (χ0v) is 18.4. The van der Waals surface area contributed by atoms with Crippen LogP contribution in [-0.2, 0) is 18.9 Å². The summed E-state index contributed by atoms with van der Waals surface area (Å²) in [4.78, 5) is 0. The Balaban J connectivity index is 2.06. The molecule has 0 aromatic carbocycles. The van der Waals surface area contributed by atoms with Gasteiger partial charge in [0.2, 0.25) is 0 Å². The lowest BCUT2D eigenvalue weighted by Gasteiger charge is -2.48. The molecule has 2 fully saturated rings. The fourth-order valence-corrected chi connectivity index (χ4v) is 4.34. The van der Waals surface area contributed by atoms with Gasteiger partial charge in [-0.15, -0.1) is 0 Å². The second-order valence-electron chi connectivity index (χ2n) is 8.65. The van der Waals surface area contributed by atoms with E-state index in [0.717, 1.165) is 32.3 Å². The molecule has 2 rings (SSSR count). The van der Waals surface area contributed by atoms with E-state index in [0.29, 0.717) is 5.92 Å². The summed E-state index contributed by atoms with van der Waals surface area (Å²) in [5.41, 5.74) is 0. The molecule has 0 aromatic heterocycles. The van der Waals surface area contributed by atoms with Gasteiger partial charge in [-0.1, -0.05) is 54.9 Å². The van der Waals surface area contributed by atoms with Crippen LogP contribution in [-0.4, -0.2) is 48.7 Å². The third kappa shape index (κ3) is 5.24. The van der Waals surface area contributed by atoms with Crippen LogP contribution in [0.2, 0.25) is 0 Å². The standard InChI is InChI=1S/C22H42O5/c1-8-11-12-24-21-16(7)15(6)20(18(10-3)26-21)27-22-19(23)14(5)13(4)17(9-2)25-22/h13-23H,8-12H2,1-7H3/t13-,14-,15+,16?,17?,18?,19?,20-,21+,22-/m0/s1. The normalized spacial score (nSPS) is 45.8. The summed E-state index contributed by atoms with van der Waals surface area (Å²) < 4.78 is 24.8. The van der Waals surface area contributed by atoms with Gasteiger partial charge in [0.15, 0.2) is 12.6 Å². The van der Waals surface area contributed by atoms with E-state index in [1.807, 2.05) is 0 Å². The average Bonchev–Trinajstić information content (AvgIpc) is 2.67. The van der Waals surface area contributed by atoms with E-state index in [9.17, 15) is 5.11 Å². The minimum absolute atomic E-state index is 0.0478. The smallest absolute Gasteiger partial charge is 0.184 e. The first-order valence-corrected chi connectivity index (χ1v) is 11.1. The van der Waals surface area contributed by atoms with Crippen molar-refractivity contribution in [2.24, 2.45) is 23.7 Å². The van der Waals surface area contributed by atoms with Gasteiger partial charge in [0.25, 0.3) is 0 Å². The van der Waals surface area contributed by atoms with Crippen LogP contribution in [0, 0.1) is 23.7 Å². The first-order chi connectivity index (χ1) is 12.8. The predicted molar refractivity (Wildman–Crippen MR) is 106 cm³/mol. The molecule has 2 heterocycles. The predicted octanol–water partition coefficient (Wildman–Crippen LogP) is 4.36. The van der Waals surface area contributed by atoms with Crippen molar-refractivity contribution >= 4 is 0 Å². The number of ether oxygens (including phenoxy) is 4. The molecule has 10 atom stereocenters. The number of aliphatic hydroxyl groups is 1. The summed E-state index contributed by atoms with van der Waals surface area (Å²) in [7, 11) is 0. The van der Waals surface area contributed by atoms with Gasteiger partial charge in [-0.25, -0.2) is 0 Å². The Morgan fingerprint density at radius 3 is 2.00 bits per heavy atom. The van der Waals surface area contributed by atoms with Gasteiger partial charge in [0.1, 0.15) is 6.10 Å². The topological polar surface area (TPSA) is 57.2 Å². The second-order valence-corrected chi connectivity index (χ2v) is 8.65. The molecule has 27 heavy (non-hydrogen) atoms. The molecule has 0 aliphatic carbocycles. The first kappa shape index (κ1) is 23.1. The number of unbranched alkanes of at least 4 members (excludes halogenated alkanes) is 1. The average molecular weight is 387 g/mol. The molecule has 2 saturated heterocycles. The van der Waals surface area contributed by atoms with Crippen molar-refractivity contribution in [2.75, 3.05) is 6.61 Å². The highest BCUT2D eigenvalue weighted by atomic mass is 16.7. The lowest BCUT2D eigenvalue weighted by molar-refractivity contribution is -0.332. The fourth-order valence-electron chi connectivity index (χ4n) is 4.34. The number of rotatable bonds is 8. The van der Waals surface area contributed by atoms with Crippen LogP contribution in [0.5, 0.6) is 0 Å². The van der Waals surface area contributed by atoms with E-state index in [1.54, 1.807) is 0 Å². The molecule has 0 aromatic rings. The van der Waals surface area contributed by atoms with Crippen molar-refractivity contribution in [1.29, 1.82) is 0 Å². The molecule has 5 heteroatoms. The Labute approximate surface area is 166 Å². The van der Waals surface area contributed by atoms with Crippen LogP contribution in [0.1, 0.15) is 74.1 Å². The van der Waals surface area contributed by atoms with E-state index in [4.69, 9.17) is 18.9 Å². The molecule has 0 radical (unpaired) electrons. The second kappa shape index (κ2) is 10.5. The van der Waals surface area contributed by atoms with E-state index in [-0.39, 0.29) is 42.4 Å². The van der Waals surface area contributed by atoms with Crippen molar-refractivity contribution in [3.8, 4) is 0 Å². The molecule has 4 unspecified atom stereocenters. The lowest BCUT2D eigenvalue weighted by Crippen LogP contribution is -2.56. The molecular formula is C22H42O5. The van der Waals surface area contributed by atoms with Crippen molar-refractivity contribution in [1.82, 2.24) is 0 Å². The Morgan fingerprint density at radius 2 is 1.41 bits per heavy atom. The molecule has 0 bridgehead atoms. The van der Waals surface area contributed by atoms with Crippen molar-refractivity contribution < 1.29 is 24.1 Å². The Hall–Kier alpha value is -0.200. The largest absolute Gasteiger partial charge is 0.388 e. The van der Waals surface area contributed by atoms with E-state index < -0.39 is 12.4 Å². The molecule has 0 amide bonds. The third-order valence-electron chi connectivity index (χ3n) is 6.87. The van der Waals surface area contributed by atoms with Crippen molar-refractivity contribution in [2.45, 2.75) is 111 Å². The third-order valence-corrected chi connectivity index (χ3v) is 6.87. The van der Waals surface area contributed by atoms with Crippen molar-refractivity contribution in [3.05, 3.63) is 0 Å². The minimum Gasteiger partial charge on any atom is -0.388 e. The summed E-state index contributed by atoms with van der Waals surface area (Å²) in [5, 5.41) is 10.7. The zero-order valence-electron chi connectivity index (χ0n) is 18.4. The summed E-state index contributed by atoms with van der Waals surface area (Å²) >= 11 is 0. The maximum Gasteiger partial charge on any atom is 0.184 e. The molecule has 160 valence electrons. The number of hydrogen-bond donors (Lipinski definition) is 1. The van der Waals surface area contributed by atoms with Crippen LogP contribution in [0.25, 0.3) is 0 Å². The van der Waals surface area contributed by atoms with Crippen molar-refractivity contribution in [3.63, 3.8) is 0 Å². The number of hydrogen-bond acceptors (Lipinski definition) is 5. The molecule has 0 saturated carbocycles. The Bertz CT molecular complexity index is 427. The monoisotopic (exact) mass is 386 g/mol. The van der Waals surface area contributed by atoms with Gasteiger partial charge < -0.3 is 24.1 Å². The number of aliphatic hydroxyl groups excluding tert-OH is 1. The molecule has 2 aliphatic heterocycles. The summed E-state index contributed by atoms with van der Waals surface area (Å²) in [6.07, 6.45) is 2.53. The lowest BCUT2D eigenvalue weighted by atomic mass is 9.81. The summed E-state index contributed by atoms with van der Waals surface area (Å²) in [5.74, 6) is 0.966. The van der Waals surface area contributed by atoms with Gasteiger partial charge in [-0.3, -0.25) is 0 Å². The maximum absolute atomic E-state index is 10.7. The molecule has 5 nitrogen and oxygen atoms in total. The van der Waals surface area contributed by atoms with Gasteiger partial charge in [-0.05, 0) is 37.0 Å². The molecular weight excluding hydrogens is 344 g/mol. The minimum atomic E-state index is -0.610. The first-order valence-electron chi connectivity index (χ1n) is 11.1. The Morgan fingerprint density at radius 1 is 0.778 bits per heavy atom. The quantitative estimate of drug-likeness (QED) is 0.628. The molecule has 0 spiro atoms. The van der Waals surface area contributed by atoms with E-state index in [1.165, 1.54) is 0 Å². The highest BCUT2D eigenvalue weighted by molar-refractivity contribution is 4.89. The fraction of sp³-hybridized carbons (Fsp3) is 1.00. The van der Waals surface area contributed by atoms with E-state index >= 15 is 0 Å². The van der Waals surface area contributed by atoms with Gasteiger partial charge in [0, 0.05) is 12.5 Å². The van der Waals surface area contributed by atoms with Crippen LogP contribution >= 0.6 is 0 Å². The molecule has 1 N–H and O–H groups in total. The van der Waals surface area contributed by atoms with Gasteiger partial charge in [-0.2, -0.15) is 0 Å². The van der Waals surface area contributed by atoms with Crippen LogP contribution in [0.15, 0.2) is 0 Å². The SMILES string of the molecule is CCCCO[C@@H]1OC(CC)[C@@H](O[C@@H]2OC(CC)[C@@H](C)[C@H](C)C2O)[C@H](C)C1C. The highest BCUT2D eigenvalue weighted by Gasteiger charge is 2.47. The van der Waals surface area contributed by atoms with Crippen LogP contribution in [0.4, 0.5) is 0 Å². The van der Waals surface area contributed by atoms with E-state index in [2.05, 4.69) is 48.5 Å². The van der Waals surface area contributed by atoms with Gasteiger partial charge >= 0.3 is 0 Å². The van der Waals surface area contributed by atoms with Crippen LogP contribution < -0.4 is 0 Å². The summed E-state index contributed by atoms with van der Waals surface area (Å²) in [6, 6.07) is 0. The maximum atomic E-state index is 10.7. The molecule has 2 aliphatic rings. The highest BCUT2D eigenvalue weighted by Crippen LogP contribution is 2.38. The summed E-state index contributed by atoms with van der Waals surface area (Å²) in [6.45, 7) is 15.8.